The Bertz CT molecular complexity index is 500. The third kappa shape index (κ3) is 2.52. The molecule has 0 atom stereocenters. The normalized spacial score (nSPS) is 10.5. The number of aryl methyl sites for hydroxylation is 1. The number of carbonyl (C=O) groups is 1. The van der Waals surface area contributed by atoms with E-state index in [1.165, 1.54) is 6.33 Å². The molecule has 90 valence electrons. The van der Waals surface area contributed by atoms with E-state index in [0.717, 1.165) is 11.5 Å². The predicted octanol–water partition coefficient (Wildman–Crippen LogP) is 0.424. The Hall–Kier alpha value is -2.11. The molecule has 0 fully saturated rings. The van der Waals surface area contributed by atoms with Crippen LogP contribution >= 0.6 is 0 Å². The third-order valence-corrected chi connectivity index (χ3v) is 2.72. The Morgan fingerprint density at radius 1 is 1.53 bits per heavy atom. The molecule has 0 aromatic carbocycles. The quantitative estimate of drug-likeness (QED) is 0.803. The highest BCUT2D eigenvalue weighted by Gasteiger charge is 2.10. The summed E-state index contributed by atoms with van der Waals surface area (Å²) in [5.74, 6) is 0.702. The minimum absolute atomic E-state index is 0.0693. The molecule has 0 saturated heterocycles. The average molecular weight is 233 g/mol. The first-order chi connectivity index (χ1) is 8.18. The lowest BCUT2D eigenvalue weighted by Crippen LogP contribution is -2.27. The zero-order valence-electron chi connectivity index (χ0n) is 9.90. The Labute approximate surface area is 99.1 Å². The van der Waals surface area contributed by atoms with E-state index in [1.807, 2.05) is 30.7 Å². The van der Waals surface area contributed by atoms with Crippen molar-refractivity contribution in [2.24, 2.45) is 7.05 Å². The summed E-state index contributed by atoms with van der Waals surface area (Å²) in [6.07, 6.45) is 2.10. The van der Waals surface area contributed by atoms with Gasteiger partial charge in [0, 0.05) is 25.7 Å². The second-order valence-corrected chi connectivity index (χ2v) is 3.86. The van der Waals surface area contributed by atoms with Gasteiger partial charge in [-0.15, -0.1) is 0 Å². The van der Waals surface area contributed by atoms with E-state index in [1.54, 1.807) is 0 Å². The van der Waals surface area contributed by atoms with Gasteiger partial charge in [0.05, 0.1) is 0 Å². The highest BCUT2D eigenvalue weighted by molar-refractivity contribution is 5.92. The van der Waals surface area contributed by atoms with Crippen LogP contribution < -0.4 is 5.32 Å². The largest absolute Gasteiger partial charge is 0.350 e. The van der Waals surface area contributed by atoms with Crippen molar-refractivity contribution >= 4 is 5.91 Å². The topological polar surface area (TPSA) is 75.6 Å². The van der Waals surface area contributed by atoms with Crippen LogP contribution in [-0.4, -0.2) is 32.2 Å². The van der Waals surface area contributed by atoms with Gasteiger partial charge in [-0.3, -0.25) is 9.89 Å². The molecule has 0 aliphatic rings. The lowest BCUT2D eigenvalue weighted by atomic mass is 10.3. The number of hydrogen-bond donors (Lipinski definition) is 2. The number of hydrogen-bond acceptors (Lipinski definition) is 3. The molecule has 0 saturated carbocycles. The molecule has 0 aliphatic heterocycles. The minimum Gasteiger partial charge on any atom is -0.350 e. The molecular formula is C11H15N5O. The maximum Gasteiger partial charge on any atom is 0.267 e. The standard InChI is InChI=1S/C11H15N5O/c1-8-3-4-9(16(8)2)11(17)12-6-5-10-13-7-14-15-10/h3-4,7H,5-6H2,1-2H3,(H,12,17)(H,13,14,15). The van der Waals surface area contributed by atoms with Crippen molar-refractivity contribution in [1.82, 2.24) is 25.1 Å². The summed E-state index contributed by atoms with van der Waals surface area (Å²) in [4.78, 5) is 15.8. The van der Waals surface area contributed by atoms with E-state index in [9.17, 15) is 4.79 Å². The molecule has 2 heterocycles. The first-order valence-electron chi connectivity index (χ1n) is 5.43. The van der Waals surface area contributed by atoms with Gasteiger partial charge in [0.2, 0.25) is 0 Å². The predicted molar refractivity (Wildman–Crippen MR) is 62.6 cm³/mol. The van der Waals surface area contributed by atoms with Crippen LogP contribution in [0.3, 0.4) is 0 Å². The van der Waals surface area contributed by atoms with Crippen LogP contribution in [-0.2, 0) is 13.5 Å². The van der Waals surface area contributed by atoms with Crippen molar-refractivity contribution in [3.63, 3.8) is 0 Å². The maximum absolute atomic E-state index is 11.8. The van der Waals surface area contributed by atoms with Crippen LogP contribution in [0.15, 0.2) is 18.5 Å². The Balaban J connectivity index is 1.87. The molecule has 0 radical (unpaired) electrons. The lowest BCUT2D eigenvalue weighted by molar-refractivity contribution is 0.0945. The molecule has 0 aliphatic carbocycles. The van der Waals surface area contributed by atoms with Crippen LogP contribution in [0.2, 0.25) is 0 Å². The number of aromatic nitrogens is 4. The fraction of sp³-hybridized carbons (Fsp3) is 0.364. The first-order valence-corrected chi connectivity index (χ1v) is 5.43. The number of carbonyl (C=O) groups excluding carboxylic acids is 1. The molecule has 1 amide bonds. The molecule has 17 heavy (non-hydrogen) atoms. The van der Waals surface area contributed by atoms with Gasteiger partial charge in [0.25, 0.3) is 5.91 Å². The number of rotatable bonds is 4. The summed E-state index contributed by atoms with van der Waals surface area (Å²) in [7, 11) is 1.88. The lowest BCUT2D eigenvalue weighted by Gasteiger charge is -2.06. The number of amides is 1. The molecule has 6 heteroatoms. The smallest absolute Gasteiger partial charge is 0.267 e. The van der Waals surface area contributed by atoms with Crippen molar-refractivity contribution in [3.8, 4) is 0 Å². The van der Waals surface area contributed by atoms with Gasteiger partial charge in [0.15, 0.2) is 0 Å². The van der Waals surface area contributed by atoms with Crippen molar-refractivity contribution < 1.29 is 4.79 Å². The molecule has 2 aromatic heterocycles. The molecular weight excluding hydrogens is 218 g/mol. The number of nitrogens with one attached hydrogen (secondary N) is 2. The van der Waals surface area contributed by atoms with Crippen molar-refractivity contribution in [3.05, 3.63) is 35.7 Å². The summed E-state index contributed by atoms with van der Waals surface area (Å²) in [6, 6.07) is 3.74. The van der Waals surface area contributed by atoms with Crippen LogP contribution in [0, 0.1) is 6.92 Å². The van der Waals surface area contributed by atoms with Gasteiger partial charge in [-0.25, -0.2) is 4.98 Å². The minimum atomic E-state index is -0.0693. The summed E-state index contributed by atoms with van der Waals surface area (Å²) < 4.78 is 1.86. The van der Waals surface area contributed by atoms with Crippen LogP contribution in [0.1, 0.15) is 22.0 Å². The van der Waals surface area contributed by atoms with Crippen LogP contribution in [0.25, 0.3) is 0 Å². The zero-order valence-corrected chi connectivity index (χ0v) is 9.90. The summed E-state index contributed by atoms with van der Waals surface area (Å²) in [6.45, 7) is 2.50. The van der Waals surface area contributed by atoms with Gasteiger partial charge in [-0.1, -0.05) is 0 Å². The second-order valence-electron chi connectivity index (χ2n) is 3.86. The van der Waals surface area contributed by atoms with E-state index in [-0.39, 0.29) is 5.91 Å². The number of H-pyrrole nitrogens is 1. The van der Waals surface area contributed by atoms with Crippen LogP contribution in [0.5, 0.6) is 0 Å². The Morgan fingerprint density at radius 2 is 2.35 bits per heavy atom. The molecule has 0 unspecified atom stereocenters. The van der Waals surface area contributed by atoms with Crippen molar-refractivity contribution in [2.45, 2.75) is 13.3 Å². The Morgan fingerprint density at radius 3 is 2.94 bits per heavy atom. The first kappa shape index (κ1) is 11.4. The molecule has 2 N–H and O–H groups in total. The maximum atomic E-state index is 11.8. The highest BCUT2D eigenvalue weighted by Crippen LogP contribution is 2.05. The second kappa shape index (κ2) is 4.82. The van der Waals surface area contributed by atoms with Gasteiger partial charge in [-0.2, -0.15) is 5.10 Å². The van der Waals surface area contributed by atoms with Crippen LogP contribution in [0.4, 0.5) is 0 Å². The molecule has 0 bridgehead atoms. The fourth-order valence-electron chi connectivity index (χ4n) is 1.58. The molecule has 0 spiro atoms. The molecule has 2 aromatic rings. The van der Waals surface area contributed by atoms with Gasteiger partial charge in [-0.05, 0) is 19.1 Å². The zero-order chi connectivity index (χ0) is 12.3. The molecule has 6 nitrogen and oxygen atoms in total. The van der Waals surface area contributed by atoms with E-state index >= 15 is 0 Å². The van der Waals surface area contributed by atoms with Gasteiger partial charge in [0.1, 0.15) is 17.8 Å². The monoisotopic (exact) mass is 233 g/mol. The van der Waals surface area contributed by atoms with E-state index < -0.39 is 0 Å². The average Bonchev–Trinajstić information content (AvgIpc) is 2.91. The SMILES string of the molecule is Cc1ccc(C(=O)NCCc2ncn[nH]2)n1C. The number of aromatic amines is 1. The fourth-order valence-corrected chi connectivity index (χ4v) is 1.58. The molecule has 2 rings (SSSR count). The summed E-state index contributed by atoms with van der Waals surface area (Å²) >= 11 is 0. The van der Waals surface area contributed by atoms with Gasteiger partial charge >= 0.3 is 0 Å². The summed E-state index contributed by atoms with van der Waals surface area (Å²) in [5.41, 5.74) is 1.73. The van der Waals surface area contributed by atoms with E-state index in [0.29, 0.717) is 18.7 Å². The van der Waals surface area contributed by atoms with E-state index in [2.05, 4.69) is 20.5 Å². The third-order valence-electron chi connectivity index (χ3n) is 2.72. The Kier molecular flexibility index (Phi) is 3.22. The summed E-state index contributed by atoms with van der Waals surface area (Å²) in [5, 5.41) is 9.33. The number of nitrogens with zero attached hydrogens (tertiary/aromatic N) is 3. The van der Waals surface area contributed by atoms with Crippen molar-refractivity contribution in [2.75, 3.05) is 6.54 Å². The highest BCUT2D eigenvalue weighted by atomic mass is 16.1. The van der Waals surface area contributed by atoms with Crippen molar-refractivity contribution in [1.29, 1.82) is 0 Å². The van der Waals surface area contributed by atoms with E-state index in [4.69, 9.17) is 0 Å². The van der Waals surface area contributed by atoms with Gasteiger partial charge < -0.3 is 9.88 Å².